The van der Waals surface area contributed by atoms with Crippen molar-refractivity contribution in [2.24, 2.45) is 5.73 Å². The Bertz CT molecular complexity index is 295. The number of aromatic nitrogens is 1. The third kappa shape index (κ3) is 0.985. The normalized spacial score (nSPS) is 19.6. The molecule has 1 aliphatic carbocycles. The predicted molar refractivity (Wildman–Crippen MR) is 50.2 cm³/mol. The number of hydrogen-bond acceptors (Lipinski definition) is 1. The molecule has 2 nitrogen and oxygen atoms in total. The van der Waals surface area contributed by atoms with Crippen LogP contribution in [0, 0.1) is 13.8 Å². The lowest BCUT2D eigenvalue weighted by Crippen LogP contribution is -2.20. The highest BCUT2D eigenvalue weighted by molar-refractivity contribution is 5.35. The Morgan fingerprint density at radius 3 is 2.50 bits per heavy atom. The largest absolute Gasteiger partial charge is 0.362 e. The number of rotatable bonds is 2. The molecule has 0 bridgehead atoms. The SMILES string of the molecule is Cc1cc(C)c(C2(CN)CC2)[nH]1. The Morgan fingerprint density at radius 2 is 2.17 bits per heavy atom. The summed E-state index contributed by atoms with van der Waals surface area (Å²) in [6.07, 6.45) is 2.51. The summed E-state index contributed by atoms with van der Waals surface area (Å²) in [6, 6.07) is 2.20. The summed E-state index contributed by atoms with van der Waals surface area (Å²) in [5.74, 6) is 0. The molecule has 0 spiro atoms. The van der Waals surface area contributed by atoms with Crippen LogP contribution in [0.4, 0.5) is 0 Å². The van der Waals surface area contributed by atoms with Gasteiger partial charge in [-0.2, -0.15) is 0 Å². The maximum Gasteiger partial charge on any atom is 0.0254 e. The molecular weight excluding hydrogens is 148 g/mol. The maximum absolute atomic E-state index is 5.76. The minimum absolute atomic E-state index is 0.318. The zero-order valence-electron chi connectivity index (χ0n) is 7.78. The Labute approximate surface area is 73.2 Å². The summed E-state index contributed by atoms with van der Waals surface area (Å²) in [7, 11) is 0. The predicted octanol–water partition coefficient (Wildman–Crippen LogP) is 1.62. The van der Waals surface area contributed by atoms with Crippen LogP contribution in [-0.2, 0) is 5.41 Å². The Kier molecular flexibility index (Phi) is 1.55. The summed E-state index contributed by atoms with van der Waals surface area (Å²) in [5.41, 5.74) is 10.1. The highest BCUT2D eigenvalue weighted by Gasteiger charge is 2.44. The van der Waals surface area contributed by atoms with Gasteiger partial charge in [-0.1, -0.05) is 0 Å². The van der Waals surface area contributed by atoms with Crippen molar-refractivity contribution in [1.29, 1.82) is 0 Å². The van der Waals surface area contributed by atoms with E-state index in [0.29, 0.717) is 5.41 Å². The van der Waals surface area contributed by atoms with Crippen molar-refractivity contribution in [2.45, 2.75) is 32.1 Å². The van der Waals surface area contributed by atoms with Crippen molar-refractivity contribution in [2.75, 3.05) is 6.54 Å². The van der Waals surface area contributed by atoms with E-state index in [4.69, 9.17) is 5.73 Å². The molecule has 1 aliphatic rings. The van der Waals surface area contributed by atoms with E-state index < -0.39 is 0 Å². The fraction of sp³-hybridized carbons (Fsp3) is 0.600. The second-order valence-electron chi connectivity index (χ2n) is 3.99. The van der Waals surface area contributed by atoms with E-state index in [2.05, 4.69) is 24.9 Å². The van der Waals surface area contributed by atoms with Gasteiger partial charge in [0.25, 0.3) is 0 Å². The average Bonchev–Trinajstić information content (AvgIpc) is 2.74. The molecule has 2 rings (SSSR count). The van der Waals surface area contributed by atoms with E-state index in [1.807, 2.05) is 0 Å². The quantitative estimate of drug-likeness (QED) is 0.685. The number of hydrogen-bond donors (Lipinski definition) is 2. The number of aryl methyl sites for hydroxylation is 2. The van der Waals surface area contributed by atoms with Gasteiger partial charge in [0.05, 0.1) is 0 Å². The summed E-state index contributed by atoms with van der Waals surface area (Å²) in [6.45, 7) is 5.05. The molecular formula is C10H16N2. The molecule has 0 aliphatic heterocycles. The van der Waals surface area contributed by atoms with Crippen molar-refractivity contribution < 1.29 is 0 Å². The molecule has 1 aromatic rings. The first-order valence-corrected chi connectivity index (χ1v) is 4.55. The van der Waals surface area contributed by atoms with Crippen LogP contribution >= 0.6 is 0 Å². The van der Waals surface area contributed by atoms with Gasteiger partial charge in [-0.3, -0.25) is 0 Å². The molecule has 1 aromatic heterocycles. The molecule has 2 heteroatoms. The van der Waals surface area contributed by atoms with Crippen LogP contribution in [0.5, 0.6) is 0 Å². The molecule has 66 valence electrons. The molecule has 0 aromatic carbocycles. The lowest BCUT2D eigenvalue weighted by atomic mass is 10.00. The van der Waals surface area contributed by atoms with Gasteiger partial charge in [0, 0.05) is 23.3 Å². The number of aromatic amines is 1. The molecule has 3 N–H and O–H groups in total. The van der Waals surface area contributed by atoms with Crippen molar-refractivity contribution >= 4 is 0 Å². The maximum atomic E-state index is 5.76. The third-order valence-corrected chi connectivity index (χ3v) is 2.92. The minimum atomic E-state index is 0.318. The molecule has 0 radical (unpaired) electrons. The van der Waals surface area contributed by atoms with Crippen LogP contribution in [0.2, 0.25) is 0 Å². The highest BCUT2D eigenvalue weighted by atomic mass is 14.8. The van der Waals surface area contributed by atoms with Gasteiger partial charge in [-0.05, 0) is 38.3 Å². The Morgan fingerprint density at radius 1 is 1.50 bits per heavy atom. The summed E-state index contributed by atoms with van der Waals surface area (Å²) >= 11 is 0. The van der Waals surface area contributed by atoms with Gasteiger partial charge in [-0.15, -0.1) is 0 Å². The second-order valence-corrected chi connectivity index (χ2v) is 3.99. The zero-order chi connectivity index (χ0) is 8.77. The number of H-pyrrole nitrogens is 1. The van der Waals surface area contributed by atoms with Crippen LogP contribution in [0.25, 0.3) is 0 Å². The second kappa shape index (κ2) is 2.36. The van der Waals surface area contributed by atoms with Gasteiger partial charge in [0.2, 0.25) is 0 Å². The molecule has 0 unspecified atom stereocenters. The fourth-order valence-electron chi connectivity index (χ4n) is 1.99. The Balaban J connectivity index is 2.39. The van der Waals surface area contributed by atoms with Gasteiger partial charge in [0.15, 0.2) is 0 Å². The monoisotopic (exact) mass is 164 g/mol. The smallest absolute Gasteiger partial charge is 0.0254 e. The summed E-state index contributed by atoms with van der Waals surface area (Å²) in [4.78, 5) is 3.42. The number of nitrogens with two attached hydrogens (primary N) is 1. The minimum Gasteiger partial charge on any atom is -0.362 e. The van der Waals surface area contributed by atoms with Crippen LogP contribution < -0.4 is 5.73 Å². The van der Waals surface area contributed by atoms with Gasteiger partial charge >= 0.3 is 0 Å². The standard InChI is InChI=1S/C10H16N2/c1-7-5-8(2)12-9(7)10(6-11)3-4-10/h5,12H,3-4,6,11H2,1-2H3. The van der Waals surface area contributed by atoms with Crippen LogP contribution in [0.3, 0.4) is 0 Å². The van der Waals surface area contributed by atoms with E-state index in [0.717, 1.165) is 6.54 Å². The number of nitrogens with one attached hydrogen (secondary N) is 1. The van der Waals surface area contributed by atoms with Crippen molar-refractivity contribution in [3.05, 3.63) is 23.0 Å². The zero-order valence-corrected chi connectivity index (χ0v) is 7.78. The molecule has 0 saturated heterocycles. The first-order valence-electron chi connectivity index (χ1n) is 4.55. The lowest BCUT2D eigenvalue weighted by Gasteiger charge is -2.11. The lowest BCUT2D eigenvalue weighted by molar-refractivity contribution is 0.677. The molecule has 0 atom stereocenters. The molecule has 1 fully saturated rings. The summed E-state index contributed by atoms with van der Waals surface area (Å²) in [5, 5.41) is 0. The molecule has 0 amide bonds. The summed E-state index contributed by atoms with van der Waals surface area (Å²) < 4.78 is 0. The van der Waals surface area contributed by atoms with Gasteiger partial charge in [-0.25, -0.2) is 0 Å². The van der Waals surface area contributed by atoms with Crippen molar-refractivity contribution in [1.82, 2.24) is 4.98 Å². The van der Waals surface area contributed by atoms with Crippen LogP contribution in [0.1, 0.15) is 29.8 Å². The van der Waals surface area contributed by atoms with Gasteiger partial charge in [0.1, 0.15) is 0 Å². The first kappa shape index (κ1) is 7.87. The van der Waals surface area contributed by atoms with Crippen molar-refractivity contribution in [3.8, 4) is 0 Å². The average molecular weight is 164 g/mol. The third-order valence-electron chi connectivity index (χ3n) is 2.92. The van der Waals surface area contributed by atoms with E-state index in [1.165, 1.54) is 29.8 Å². The van der Waals surface area contributed by atoms with E-state index in [9.17, 15) is 0 Å². The van der Waals surface area contributed by atoms with Crippen LogP contribution in [0.15, 0.2) is 6.07 Å². The topological polar surface area (TPSA) is 41.8 Å². The molecule has 1 saturated carbocycles. The molecule has 1 heterocycles. The van der Waals surface area contributed by atoms with Crippen LogP contribution in [-0.4, -0.2) is 11.5 Å². The first-order chi connectivity index (χ1) is 5.68. The molecule has 12 heavy (non-hydrogen) atoms. The fourth-order valence-corrected chi connectivity index (χ4v) is 1.99. The van der Waals surface area contributed by atoms with Crippen molar-refractivity contribution in [3.63, 3.8) is 0 Å². The van der Waals surface area contributed by atoms with Gasteiger partial charge < -0.3 is 10.7 Å². The van der Waals surface area contributed by atoms with E-state index >= 15 is 0 Å². The van der Waals surface area contributed by atoms with E-state index in [1.54, 1.807) is 0 Å². The highest BCUT2D eigenvalue weighted by Crippen LogP contribution is 2.47. The Hall–Kier alpha value is -0.760. The van der Waals surface area contributed by atoms with E-state index in [-0.39, 0.29) is 0 Å².